The molecule has 0 aliphatic carbocycles. The first-order chi connectivity index (χ1) is 13.1. The van der Waals surface area contributed by atoms with Crippen LogP contribution in [0.2, 0.25) is 0 Å². The van der Waals surface area contributed by atoms with E-state index in [0.717, 1.165) is 22.9 Å². The Bertz CT molecular complexity index is 1170. The Labute approximate surface area is 162 Å². The smallest absolute Gasteiger partial charge is 0.313 e. The molecule has 0 aliphatic rings. The van der Waals surface area contributed by atoms with Gasteiger partial charge >= 0.3 is 5.97 Å². The molecule has 2 heterocycles. The monoisotopic (exact) mass is 394 g/mol. The van der Waals surface area contributed by atoms with Crippen molar-refractivity contribution in [2.24, 2.45) is 0 Å². The Kier molecular flexibility index (Phi) is 4.79. The minimum atomic E-state index is -0.954. The van der Waals surface area contributed by atoms with Crippen LogP contribution in [0.3, 0.4) is 0 Å². The van der Waals surface area contributed by atoms with E-state index in [1.807, 2.05) is 66.0 Å². The number of hydrogen-bond acceptors (Lipinski definition) is 5. The molecule has 0 saturated heterocycles. The van der Waals surface area contributed by atoms with Crippen molar-refractivity contribution >= 4 is 39.3 Å². The van der Waals surface area contributed by atoms with Crippen LogP contribution in [0.25, 0.3) is 27.0 Å². The lowest BCUT2D eigenvalue weighted by atomic mass is 10.1. The van der Waals surface area contributed by atoms with Gasteiger partial charge in [0.15, 0.2) is 5.16 Å². The number of nitrogens with zero attached hydrogens (tertiary/aromatic N) is 2. The highest BCUT2D eigenvalue weighted by atomic mass is 32.2. The van der Waals surface area contributed by atoms with Gasteiger partial charge in [-0.3, -0.25) is 14.2 Å². The Morgan fingerprint density at radius 1 is 1.07 bits per heavy atom. The lowest BCUT2D eigenvalue weighted by Crippen LogP contribution is -2.22. The number of aliphatic carboxylic acids is 1. The zero-order valence-corrected chi connectivity index (χ0v) is 15.7. The van der Waals surface area contributed by atoms with Crippen LogP contribution in [0.5, 0.6) is 0 Å². The van der Waals surface area contributed by atoms with Crippen LogP contribution in [0.4, 0.5) is 0 Å². The molecular formula is C20H14N2O3S2. The zero-order chi connectivity index (χ0) is 18.8. The van der Waals surface area contributed by atoms with E-state index in [1.165, 1.54) is 15.9 Å². The summed E-state index contributed by atoms with van der Waals surface area (Å²) in [6, 6.07) is 18.9. The van der Waals surface area contributed by atoms with Gasteiger partial charge in [-0.05, 0) is 17.7 Å². The van der Waals surface area contributed by atoms with E-state index >= 15 is 0 Å². The van der Waals surface area contributed by atoms with E-state index in [-0.39, 0.29) is 11.3 Å². The fourth-order valence-corrected chi connectivity index (χ4v) is 4.55. The maximum atomic E-state index is 13.4. The van der Waals surface area contributed by atoms with Gasteiger partial charge in [0.05, 0.1) is 16.8 Å². The third kappa shape index (κ3) is 3.39. The van der Waals surface area contributed by atoms with Crippen molar-refractivity contribution in [3.8, 4) is 16.8 Å². The van der Waals surface area contributed by atoms with Crippen LogP contribution < -0.4 is 5.56 Å². The van der Waals surface area contributed by atoms with Crippen LogP contribution in [0, 0.1) is 0 Å². The predicted octanol–water partition coefficient (Wildman–Crippen LogP) is 4.29. The van der Waals surface area contributed by atoms with Gasteiger partial charge in [0, 0.05) is 10.9 Å². The lowest BCUT2D eigenvalue weighted by molar-refractivity contribution is -0.133. The summed E-state index contributed by atoms with van der Waals surface area (Å²) >= 11 is 2.43. The molecule has 0 atom stereocenters. The van der Waals surface area contributed by atoms with Gasteiger partial charge < -0.3 is 5.11 Å². The van der Waals surface area contributed by atoms with Crippen molar-refractivity contribution in [3.05, 3.63) is 76.4 Å². The number of thiophene rings is 1. The summed E-state index contributed by atoms with van der Waals surface area (Å²) in [6.07, 6.45) is 0. The van der Waals surface area contributed by atoms with Crippen LogP contribution in [-0.2, 0) is 4.79 Å². The summed E-state index contributed by atoms with van der Waals surface area (Å²) < 4.78 is 1.50. The molecule has 5 nitrogen and oxygen atoms in total. The van der Waals surface area contributed by atoms with E-state index in [0.29, 0.717) is 21.1 Å². The van der Waals surface area contributed by atoms with Gasteiger partial charge in [-0.2, -0.15) is 0 Å². The van der Waals surface area contributed by atoms with Gasteiger partial charge in [-0.15, -0.1) is 11.3 Å². The van der Waals surface area contributed by atoms with Crippen LogP contribution in [-0.4, -0.2) is 26.4 Å². The highest BCUT2D eigenvalue weighted by Crippen LogP contribution is 2.32. The van der Waals surface area contributed by atoms with E-state index in [9.17, 15) is 9.59 Å². The third-order valence-corrected chi connectivity index (χ3v) is 5.80. The predicted molar refractivity (Wildman–Crippen MR) is 109 cm³/mol. The second-order valence-corrected chi connectivity index (χ2v) is 7.55. The van der Waals surface area contributed by atoms with Gasteiger partial charge in [-0.25, -0.2) is 4.98 Å². The van der Waals surface area contributed by atoms with Crippen molar-refractivity contribution in [2.75, 3.05) is 5.75 Å². The normalized spacial score (nSPS) is 11.0. The van der Waals surface area contributed by atoms with Crippen molar-refractivity contribution in [1.29, 1.82) is 0 Å². The summed E-state index contributed by atoms with van der Waals surface area (Å²) in [5, 5.41) is 11.9. The average Bonchev–Trinajstić information content (AvgIpc) is 3.12. The van der Waals surface area contributed by atoms with Crippen molar-refractivity contribution in [1.82, 2.24) is 9.55 Å². The molecule has 0 spiro atoms. The zero-order valence-electron chi connectivity index (χ0n) is 14.0. The molecule has 4 aromatic rings. The molecule has 1 N–H and O–H groups in total. The number of carbonyl (C=O) groups is 1. The molecule has 4 rings (SSSR count). The van der Waals surface area contributed by atoms with E-state index in [2.05, 4.69) is 4.98 Å². The molecule has 0 amide bonds. The first kappa shape index (κ1) is 17.5. The summed E-state index contributed by atoms with van der Waals surface area (Å²) in [6.45, 7) is 0. The van der Waals surface area contributed by atoms with E-state index in [4.69, 9.17) is 5.11 Å². The summed E-state index contributed by atoms with van der Waals surface area (Å²) in [5.74, 6) is -1.12. The largest absolute Gasteiger partial charge is 0.481 e. The minimum Gasteiger partial charge on any atom is -0.481 e. The maximum Gasteiger partial charge on any atom is 0.313 e. The molecular weight excluding hydrogens is 380 g/mol. The molecule has 0 unspecified atom stereocenters. The second-order valence-electron chi connectivity index (χ2n) is 5.75. The number of benzene rings is 2. The highest BCUT2D eigenvalue weighted by molar-refractivity contribution is 7.99. The quantitative estimate of drug-likeness (QED) is 0.404. The van der Waals surface area contributed by atoms with Gasteiger partial charge in [0.2, 0.25) is 0 Å². The molecule has 7 heteroatoms. The van der Waals surface area contributed by atoms with Crippen molar-refractivity contribution < 1.29 is 9.90 Å². The Hall–Kier alpha value is -2.90. The number of carboxylic acids is 1. The topological polar surface area (TPSA) is 72.2 Å². The number of thioether (sulfide) groups is 1. The number of rotatable bonds is 5. The van der Waals surface area contributed by atoms with Crippen LogP contribution in [0.1, 0.15) is 0 Å². The minimum absolute atomic E-state index is 0.165. The number of para-hydroxylation sites is 1. The van der Waals surface area contributed by atoms with E-state index in [1.54, 1.807) is 0 Å². The summed E-state index contributed by atoms with van der Waals surface area (Å²) in [7, 11) is 0. The van der Waals surface area contributed by atoms with Gasteiger partial charge in [0.25, 0.3) is 5.56 Å². The molecule has 134 valence electrons. The van der Waals surface area contributed by atoms with E-state index < -0.39 is 5.97 Å². The molecule has 2 aromatic carbocycles. The molecule has 0 aliphatic heterocycles. The third-order valence-electron chi connectivity index (χ3n) is 4.00. The Morgan fingerprint density at radius 3 is 2.41 bits per heavy atom. The second kappa shape index (κ2) is 7.38. The van der Waals surface area contributed by atoms with Crippen molar-refractivity contribution in [2.45, 2.75) is 5.16 Å². The molecule has 27 heavy (non-hydrogen) atoms. The average molecular weight is 394 g/mol. The highest BCUT2D eigenvalue weighted by Gasteiger charge is 2.19. The first-order valence-electron chi connectivity index (χ1n) is 8.15. The standard InChI is InChI=1S/C20H14N2O3S2/c23-16(24)12-27-20-21-18-17(15(11-26-18)13-7-3-1-4-8-13)19(25)22(20)14-9-5-2-6-10-14/h1-11H,12H2,(H,23,24). The number of aromatic nitrogens is 2. The number of hydrogen-bond donors (Lipinski definition) is 1. The fraction of sp³-hybridized carbons (Fsp3) is 0.0500. The van der Waals surface area contributed by atoms with Gasteiger partial charge in [0.1, 0.15) is 4.83 Å². The number of fused-ring (bicyclic) bond motifs is 1. The molecule has 0 bridgehead atoms. The summed E-state index contributed by atoms with van der Waals surface area (Å²) in [5.41, 5.74) is 2.26. The van der Waals surface area contributed by atoms with Crippen LogP contribution in [0.15, 0.2) is 76.0 Å². The van der Waals surface area contributed by atoms with Crippen LogP contribution >= 0.6 is 23.1 Å². The van der Waals surface area contributed by atoms with Gasteiger partial charge in [-0.1, -0.05) is 60.3 Å². The summed E-state index contributed by atoms with van der Waals surface area (Å²) in [4.78, 5) is 29.7. The molecule has 0 fully saturated rings. The first-order valence-corrected chi connectivity index (χ1v) is 10.0. The molecule has 0 saturated carbocycles. The molecule has 2 aromatic heterocycles. The SMILES string of the molecule is O=C(O)CSc1nc2scc(-c3ccccc3)c2c(=O)n1-c1ccccc1. The maximum absolute atomic E-state index is 13.4. The molecule has 0 radical (unpaired) electrons. The Morgan fingerprint density at radius 2 is 1.74 bits per heavy atom. The fourth-order valence-electron chi connectivity index (χ4n) is 2.83. The Balaban J connectivity index is 1.99. The van der Waals surface area contributed by atoms with Crippen molar-refractivity contribution in [3.63, 3.8) is 0 Å². The number of carboxylic acid groups (broad SMARTS) is 1. The lowest BCUT2D eigenvalue weighted by Gasteiger charge is -2.12.